The summed E-state index contributed by atoms with van der Waals surface area (Å²) in [5.74, 6) is 1.91. The van der Waals surface area contributed by atoms with Crippen molar-refractivity contribution in [3.05, 3.63) is 0 Å². The summed E-state index contributed by atoms with van der Waals surface area (Å²) < 4.78 is 0. The van der Waals surface area contributed by atoms with E-state index in [1.165, 1.54) is 38.5 Å². The molecule has 1 unspecified atom stereocenters. The predicted molar refractivity (Wildman–Crippen MR) is 74.4 cm³/mol. The van der Waals surface area contributed by atoms with Crippen LogP contribution in [0.1, 0.15) is 51.4 Å². The minimum Gasteiger partial charge on any atom is -0.342 e. The molecule has 1 saturated carbocycles. The van der Waals surface area contributed by atoms with E-state index in [1.807, 2.05) is 7.05 Å². The van der Waals surface area contributed by atoms with E-state index in [1.54, 1.807) is 0 Å². The number of carbonyl (C=O) groups is 1. The van der Waals surface area contributed by atoms with Gasteiger partial charge in [-0.05, 0) is 38.3 Å². The maximum Gasteiger partial charge on any atom is 0.222 e. The summed E-state index contributed by atoms with van der Waals surface area (Å²) >= 11 is 0. The van der Waals surface area contributed by atoms with Gasteiger partial charge in [0.2, 0.25) is 5.91 Å². The molecule has 1 amide bonds. The molecule has 2 aliphatic rings. The summed E-state index contributed by atoms with van der Waals surface area (Å²) in [6.07, 6.45) is 9.98. The molecule has 18 heavy (non-hydrogen) atoms. The summed E-state index contributed by atoms with van der Waals surface area (Å²) in [6.45, 7) is 3.01. The van der Waals surface area contributed by atoms with Gasteiger partial charge in [-0.2, -0.15) is 0 Å². The fraction of sp³-hybridized carbons (Fsp3) is 0.933. The van der Waals surface area contributed by atoms with E-state index >= 15 is 0 Å². The summed E-state index contributed by atoms with van der Waals surface area (Å²) in [6, 6.07) is 0. The summed E-state index contributed by atoms with van der Waals surface area (Å²) in [5, 5.41) is 3.21. The van der Waals surface area contributed by atoms with Gasteiger partial charge in [0.15, 0.2) is 0 Å². The first-order valence-corrected chi connectivity index (χ1v) is 7.72. The van der Waals surface area contributed by atoms with Crippen LogP contribution in [-0.4, -0.2) is 37.5 Å². The van der Waals surface area contributed by atoms with Gasteiger partial charge >= 0.3 is 0 Å². The standard InChI is InChI=1S/C15H28N2O/c1-16-11-14-9-10-17(12-14)15(18)8-7-13-5-3-2-4-6-13/h13-14,16H,2-12H2,1H3. The van der Waals surface area contributed by atoms with Crippen molar-refractivity contribution in [1.29, 1.82) is 0 Å². The SMILES string of the molecule is CNCC1CCN(C(=O)CCC2CCCCC2)C1. The zero-order valence-electron chi connectivity index (χ0n) is 11.8. The lowest BCUT2D eigenvalue weighted by molar-refractivity contribution is -0.130. The molecule has 0 radical (unpaired) electrons. The number of hydrogen-bond donors (Lipinski definition) is 1. The third-order valence-corrected chi connectivity index (χ3v) is 4.62. The van der Waals surface area contributed by atoms with Gasteiger partial charge in [0.05, 0.1) is 0 Å². The Balaban J connectivity index is 1.65. The van der Waals surface area contributed by atoms with Crippen LogP contribution >= 0.6 is 0 Å². The van der Waals surface area contributed by atoms with E-state index in [0.29, 0.717) is 11.8 Å². The minimum absolute atomic E-state index is 0.402. The molecule has 104 valence electrons. The smallest absolute Gasteiger partial charge is 0.222 e. The predicted octanol–water partition coefficient (Wildman–Crippen LogP) is 2.41. The van der Waals surface area contributed by atoms with Crippen molar-refractivity contribution in [3.63, 3.8) is 0 Å². The van der Waals surface area contributed by atoms with Crippen LogP contribution in [0.15, 0.2) is 0 Å². The maximum atomic E-state index is 12.1. The van der Waals surface area contributed by atoms with Gasteiger partial charge < -0.3 is 10.2 Å². The number of nitrogens with zero attached hydrogens (tertiary/aromatic N) is 1. The molecule has 0 aromatic rings. The van der Waals surface area contributed by atoms with E-state index in [9.17, 15) is 4.79 Å². The Morgan fingerprint density at radius 1 is 1.17 bits per heavy atom. The first kappa shape index (κ1) is 13.9. The highest BCUT2D eigenvalue weighted by molar-refractivity contribution is 5.76. The Bertz CT molecular complexity index is 261. The van der Waals surface area contributed by atoms with Gasteiger partial charge in [0.25, 0.3) is 0 Å². The lowest BCUT2D eigenvalue weighted by Crippen LogP contribution is -2.30. The molecule has 1 atom stereocenters. The maximum absolute atomic E-state index is 12.1. The van der Waals surface area contributed by atoms with Gasteiger partial charge in [-0.15, -0.1) is 0 Å². The van der Waals surface area contributed by atoms with Crippen LogP contribution in [0, 0.1) is 11.8 Å². The quantitative estimate of drug-likeness (QED) is 0.815. The van der Waals surface area contributed by atoms with Crippen molar-refractivity contribution < 1.29 is 4.79 Å². The van der Waals surface area contributed by atoms with Crippen molar-refractivity contribution in [3.8, 4) is 0 Å². The van der Waals surface area contributed by atoms with Crippen molar-refractivity contribution in [2.45, 2.75) is 51.4 Å². The molecule has 0 aromatic heterocycles. The average Bonchev–Trinajstić information content (AvgIpc) is 2.86. The van der Waals surface area contributed by atoms with Crippen molar-refractivity contribution in [2.75, 3.05) is 26.7 Å². The van der Waals surface area contributed by atoms with Crippen LogP contribution in [0.25, 0.3) is 0 Å². The topological polar surface area (TPSA) is 32.3 Å². The van der Waals surface area contributed by atoms with E-state index in [-0.39, 0.29) is 0 Å². The van der Waals surface area contributed by atoms with Crippen molar-refractivity contribution in [1.82, 2.24) is 10.2 Å². The van der Waals surface area contributed by atoms with Crippen LogP contribution in [0.3, 0.4) is 0 Å². The Kier molecular flexibility index (Phi) is 5.48. The Morgan fingerprint density at radius 2 is 1.94 bits per heavy atom. The molecular weight excluding hydrogens is 224 g/mol. The second-order valence-electron chi connectivity index (χ2n) is 6.09. The molecule has 3 nitrogen and oxygen atoms in total. The molecule has 0 aromatic carbocycles. The first-order chi connectivity index (χ1) is 8.79. The molecule has 1 aliphatic carbocycles. The number of amides is 1. The molecular formula is C15H28N2O. The highest BCUT2D eigenvalue weighted by Crippen LogP contribution is 2.28. The monoisotopic (exact) mass is 252 g/mol. The summed E-state index contributed by atoms with van der Waals surface area (Å²) in [5.41, 5.74) is 0. The lowest BCUT2D eigenvalue weighted by Gasteiger charge is -2.22. The number of likely N-dealkylation sites (tertiary alicyclic amines) is 1. The molecule has 3 heteroatoms. The second-order valence-corrected chi connectivity index (χ2v) is 6.09. The Morgan fingerprint density at radius 3 is 2.67 bits per heavy atom. The van der Waals surface area contributed by atoms with E-state index in [4.69, 9.17) is 0 Å². The molecule has 1 saturated heterocycles. The van der Waals surface area contributed by atoms with Crippen LogP contribution in [0.4, 0.5) is 0 Å². The van der Waals surface area contributed by atoms with Gasteiger partial charge in [0, 0.05) is 19.5 Å². The highest BCUT2D eigenvalue weighted by atomic mass is 16.2. The van der Waals surface area contributed by atoms with Gasteiger partial charge in [0.1, 0.15) is 0 Å². The summed E-state index contributed by atoms with van der Waals surface area (Å²) in [4.78, 5) is 14.2. The third-order valence-electron chi connectivity index (χ3n) is 4.62. The van der Waals surface area contributed by atoms with E-state index in [2.05, 4.69) is 10.2 Å². The minimum atomic E-state index is 0.402. The second kappa shape index (κ2) is 7.13. The van der Waals surface area contributed by atoms with Crippen molar-refractivity contribution in [2.24, 2.45) is 11.8 Å². The molecule has 1 N–H and O–H groups in total. The average molecular weight is 252 g/mol. The first-order valence-electron chi connectivity index (χ1n) is 7.72. The lowest BCUT2D eigenvalue weighted by atomic mass is 9.86. The third kappa shape index (κ3) is 3.98. The van der Waals surface area contributed by atoms with Crippen LogP contribution in [0.2, 0.25) is 0 Å². The molecule has 2 rings (SSSR count). The zero-order chi connectivity index (χ0) is 12.8. The molecule has 0 bridgehead atoms. The van der Waals surface area contributed by atoms with Crippen LogP contribution < -0.4 is 5.32 Å². The van der Waals surface area contributed by atoms with Gasteiger partial charge in [-0.1, -0.05) is 32.1 Å². The molecule has 1 aliphatic heterocycles. The summed E-state index contributed by atoms with van der Waals surface area (Å²) in [7, 11) is 1.99. The van der Waals surface area contributed by atoms with Gasteiger partial charge in [-0.25, -0.2) is 0 Å². The highest BCUT2D eigenvalue weighted by Gasteiger charge is 2.26. The van der Waals surface area contributed by atoms with E-state index < -0.39 is 0 Å². The molecule has 0 spiro atoms. The molecule has 2 fully saturated rings. The van der Waals surface area contributed by atoms with Crippen molar-refractivity contribution >= 4 is 5.91 Å². The van der Waals surface area contributed by atoms with Crippen LogP contribution in [0.5, 0.6) is 0 Å². The number of hydrogen-bond acceptors (Lipinski definition) is 2. The number of carbonyl (C=O) groups excluding carboxylic acids is 1. The van der Waals surface area contributed by atoms with E-state index in [0.717, 1.165) is 38.4 Å². The molecule has 1 heterocycles. The zero-order valence-corrected chi connectivity index (χ0v) is 11.8. The fourth-order valence-corrected chi connectivity index (χ4v) is 3.48. The Hall–Kier alpha value is -0.570. The normalized spacial score (nSPS) is 25.6. The van der Waals surface area contributed by atoms with Crippen LogP contribution in [-0.2, 0) is 4.79 Å². The van der Waals surface area contributed by atoms with Gasteiger partial charge in [-0.3, -0.25) is 4.79 Å². The number of rotatable bonds is 5. The fourth-order valence-electron chi connectivity index (χ4n) is 3.48. The number of nitrogens with one attached hydrogen (secondary N) is 1. The Labute approximate surface area is 111 Å². The largest absolute Gasteiger partial charge is 0.342 e.